The Bertz CT molecular complexity index is 200. The van der Waals surface area contributed by atoms with Crippen molar-refractivity contribution in [3.63, 3.8) is 0 Å². The lowest BCUT2D eigenvalue weighted by Gasteiger charge is -2.30. The molecule has 0 saturated heterocycles. The molecule has 0 aromatic rings. The molecule has 2 nitrogen and oxygen atoms in total. The minimum Gasteiger partial charge on any atom is -0.393 e. The Morgan fingerprint density at radius 3 is 2.53 bits per heavy atom. The standard InChI is InChI=1S/C12H24N2S/c1-10(8-12(13)15)14(2)9-11-6-4-3-5-7-11/h10-11H,3-9H2,1-2H3,(H2,13,15). The van der Waals surface area contributed by atoms with E-state index in [0.717, 1.165) is 12.3 Å². The van der Waals surface area contributed by atoms with Crippen LogP contribution >= 0.6 is 12.2 Å². The molecule has 0 heterocycles. The summed E-state index contributed by atoms with van der Waals surface area (Å²) in [6.07, 6.45) is 7.93. The fourth-order valence-corrected chi connectivity index (χ4v) is 2.65. The molecule has 0 amide bonds. The minimum atomic E-state index is 0.490. The second kappa shape index (κ2) is 6.44. The first kappa shape index (κ1) is 12.9. The van der Waals surface area contributed by atoms with Crippen molar-refractivity contribution in [1.82, 2.24) is 4.90 Å². The van der Waals surface area contributed by atoms with E-state index in [1.54, 1.807) is 0 Å². The highest BCUT2D eigenvalue weighted by Crippen LogP contribution is 2.24. The second-order valence-electron chi connectivity index (χ2n) is 4.96. The van der Waals surface area contributed by atoms with Gasteiger partial charge in [0.05, 0.1) is 4.99 Å². The van der Waals surface area contributed by atoms with Gasteiger partial charge in [0.15, 0.2) is 0 Å². The molecule has 0 bridgehead atoms. The van der Waals surface area contributed by atoms with Crippen molar-refractivity contribution in [1.29, 1.82) is 0 Å². The van der Waals surface area contributed by atoms with Gasteiger partial charge in [0.25, 0.3) is 0 Å². The molecule has 1 aliphatic rings. The van der Waals surface area contributed by atoms with E-state index in [9.17, 15) is 0 Å². The molecule has 1 aliphatic carbocycles. The van der Waals surface area contributed by atoms with Gasteiger partial charge in [-0.3, -0.25) is 0 Å². The van der Waals surface area contributed by atoms with Gasteiger partial charge in [0.2, 0.25) is 0 Å². The molecule has 0 spiro atoms. The summed E-state index contributed by atoms with van der Waals surface area (Å²) in [5.74, 6) is 0.901. The molecule has 0 aromatic heterocycles. The molecule has 0 aliphatic heterocycles. The van der Waals surface area contributed by atoms with Gasteiger partial charge >= 0.3 is 0 Å². The van der Waals surface area contributed by atoms with Crippen molar-refractivity contribution < 1.29 is 0 Å². The summed E-state index contributed by atoms with van der Waals surface area (Å²) in [7, 11) is 2.19. The third kappa shape index (κ3) is 4.94. The quantitative estimate of drug-likeness (QED) is 0.733. The smallest absolute Gasteiger partial charge is 0.0742 e. The number of thiocarbonyl (C=S) groups is 1. The van der Waals surface area contributed by atoms with Crippen LogP contribution in [0.3, 0.4) is 0 Å². The average molecular weight is 228 g/mol. The maximum Gasteiger partial charge on any atom is 0.0742 e. The van der Waals surface area contributed by atoms with Crippen molar-refractivity contribution in [2.24, 2.45) is 11.7 Å². The van der Waals surface area contributed by atoms with Crippen LogP contribution in [0, 0.1) is 5.92 Å². The lowest BCUT2D eigenvalue weighted by Crippen LogP contribution is -2.36. The van der Waals surface area contributed by atoms with E-state index in [2.05, 4.69) is 18.9 Å². The third-order valence-electron chi connectivity index (χ3n) is 3.52. The maximum atomic E-state index is 5.57. The highest BCUT2D eigenvalue weighted by Gasteiger charge is 2.18. The molecule has 1 saturated carbocycles. The lowest BCUT2D eigenvalue weighted by atomic mass is 9.89. The highest BCUT2D eigenvalue weighted by atomic mass is 32.1. The van der Waals surface area contributed by atoms with E-state index >= 15 is 0 Å². The van der Waals surface area contributed by atoms with Crippen LogP contribution in [0.2, 0.25) is 0 Å². The Labute approximate surface area is 99.2 Å². The van der Waals surface area contributed by atoms with E-state index in [1.807, 2.05) is 0 Å². The Hall–Kier alpha value is -0.150. The van der Waals surface area contributed by atoms with Crippen LogP contribution in [-0.2, 0) is 0 Å². The average Bonchev–Trinajstić information content (AvgIpc) is 2.18. The van der Waals surface area contributed by atoms with Crippen molar-refractivity contribution in [2.75, 3.05) is 13.6 Å². The zero-order chi connectivity index (χ0) is 11.3. The number of hydrogen-bond donors (Lipinski definition) is 1. The van der Waals surface area contributed by atoms with E-state index in [1.165, 1.54) is 38.6 Å². The molecule has 1 atom stereocenters. The molecule has 0 radical (unpaired) electrons. The first-order chi connectivity index (χ1) is 7.09. The van der Waals surface area contributed by atoms with E-state index < -0.39 is 0 Å². The molecule has 0 aromatic carbocycles. The summed E-state index contributed by atoms with van der Waals surface area (Å²) in [5.41, 5.74) is 5.57. The van der Waals surface area contributed by atoms with E-state index in [4.69, 9.17) is 18.0 Å². The van der Waals surface area contributed by atoms with Crippen molar-refractivity contribution in [3.8, 4) is 0 Å². The van der Waals surface area contributed by atoms with Crippen LogP contribution in [-0.4, -0.2) is 29.5 Å². The van der Waals surface area contributed by atoms with Gasteiger partial charge < -0.3 is 10.6 Å². The van der Waals surface area contributed by atoms with Gasteiger partial charge in [0, 0.05) is 19.0 Å². The highest BCUT2D eigenvalue weighted by molar-refractivity contribution is 7.80. The monoisotopic (exact) mass is 228 g/mol. The van der Waals surface area contributed by atoms with Crippen molar-refractivity contribution in [2.45, 2.75) is 51.5 Å². The zero-order valence-electron chi connectivity index (χ0n) is 10.0. The predicted octanol–water partition coefficient (Wildman–Crippen LogP) is 2.56. The Kier molecular flexibility index (Phi) is 5.54. The van der Waals surface area contributed by atoms with Crippen LogP contribution in [0.5, 0.6) is 0 Å². The van der Waals surface area contributed by atoms with Crippen molar-refractivity contribution in [3.05, 3.63) is 0 Å². The Morgan fingerprint density at radius 2 is 2.00 bits per heavy atom. The Balaban J connectivity index is 2.26. The lowest BCUT2D eigenvalue weighted by molar-refractivity contribution is 0.194. The topological polar surface area (TPSA) is 29.3 Å². The number of nitrogens with two attached hydrogens (primary N) is 1. The molecule has 1 rings (SSSR count). The van der Waals surface area contributed by atoms with Crippen LogP contribution < -0.4 is 5.73 Å². The number of nitrogens with zero attached hydrogens (tertiary/aromatic N) is 1. The molecule has 3 heteroatoms. The molecule has 2 N–H and O–H groups in total. The fraction of sp³-hybridized carbons (Fsp3) is 0.917. The van der Waals surface area contributed by atoms with Crippen LogP contribution in [0.15, 0.2) is 0 Å². The Morgan fingerprint density at radius 1 is 1.40 bits per heavy atom. The molecule has 1 unspecified atom stereocenters. The zero-order valence-corrected chi connectivity index (χ0v) is 10.9. The van der Waals surface area contributed by atoms with E-state index in [0.29, 0.717) is 11.0 Å². The van der Waals surface area contributed by atoms with Gasteiger partial charge in [-0.2, -0.15) is 0 Å². The second-order valence-corrected chi connectivity index (χ2v) is 5.49. The number of rotatable bonds is 5. The largest absolute Gasteiger partial charge is 0.393 e. The normalized spacial score (nSPS) is 20.5. The van der Waals surface area contributed by atoms with Gasteiger partial charge in [-0.1, -0.05) is 31.5 Å². The van der Waals surface area contributed by atoms with Gasteiger partial charge in [0.1, 0.15) is 0 Å². The first-order valence-electron chi connectivity index (χ1n) is 6.08. The fourth-order valence-electron chi connectivity index (χ4n) is 2.40. The summed E-state index contributed by atoms with van der Waals surface area (Å²) in [6.45, 7) is 3.42. The first-order valence-corrected chi connectivity index (χ1v) is 6.49. The van der Waals surface area contributed by atoms with Crippen LogP contribution in [0.1, 0.15) is 45.4 Å². The van der Waals surface area contributed by atoms with Crippen LogP contribution in [0.4, 0.5) is 0 Å². The molecule has 88 valence electrons. The summed E-state index contributed by atoms with van der Waals surface area (Å²) in [5, 5.41) is 0. The van der Waals surface area contributed by atoms with Crippen LogP contribution in [0.25, 0.3) is 0 Å². The molecular formula is C12H24N2S. The predicted molar refractivity (Wildman–Crippen MR) is 70.1 cm³/mol. The molecule has 15 heavy (non-hydrogen) atoms. The SMILES string of the molecule is CC(CC(N)=S)N(C)CC1CCCCC1. The van der Waals surface area contributed by atoms with E-state index in [-0.39, 0.29) is 0 Å². The summed E-state index contributed by atoms with van der Waals surface area (Å²) >= 11 is 4.95. The van der Waals surface area contributed by atoms with Gasteiger partial charge in [-0.15, -0.1) is 0 Å². The van der Waals surface area contributed by atoms with Gasteiger partial charge in [-0.05, 0) is 32.7 Å². The summed E-state index contributed by atoms with van der Waals surface area (Å²) < 4.78 is 0. The summed E-state index contributed by atoms with van der Waals surface area (Å²) in [6, 6.07) is 0.490. The minimum absolute atomic E-state index is 0.490. The third-order valence-corrected chi connectivity index (χ3v) is 3.69. The number of hydrogen-bond acceptors (Lipinski definition) is 2. The van der Waals surface area contributed by atoms with Gasteiger partial charge in [-0.25, -0.2) is 0 Å². The maximum absolute atomic E-state index is 5.57. The molecule has 1 fully saturated rings. The van der Waals surface area contributed by atoms with Crippen molar-refractivity contribution >= 4 is 17.2 Å². The summed E-state index contributed by atoms with van der Waals surface area (Å²) in [4.78, 5) is 3.05. The molecular weight excluding hydrogens is 204 g/mol.